The molecule has 2 aromatic heterocycles. The molecule has 0 aliphatic carbocycles. The number of hydrogen-bond acceptors (Lipinski definition) is 4. The van der Waals surface area contributed by atoms with Crippen molar-refractivity contribution in [2.24, 2.45) is 0 Å². The third-order valence-corrected chi connectivity index (χ3v) is 5.41. The van der Waals surface area contributed by atoms with Gasteiger partial charge in [-0.25, -0.2) is 13.8 Å². The van der Waals surface area contributed by atoms with E-state index in [0.29, 0.717) is 6.07 Å². The second-order valence-corrected chi connectivity index (χ2v) is 6.84. The molecule has 1 N–H and O–H groups in total. The fourth-order valence-electron chi connectivity index (χ4n) is 2.03. The highest BCUT2D eigenvalue weighted by atomic mass is 32.1. The van der Waals surface area contributed by atoms with Crippen LogP contribution < -0.4 is 5.32 Å². The molecule has 1 aromatic carbocycles. The molecule has 7 heteroatoms. The van der Waals surface area contributed by atoms with Crippen LogP contribution in [0.3, 0.4) is 0 Å². The summed E-state index contributed by atoms with van der Waals surface area (Å²) in [5.41, 5.74) is 0.658. The van der Waals surface area contributed by atoms with Crippen LogP contribution >= 0.6 is 22.7 Å². The number of nitrogens with zero attached hydrogens (tertiary/aromatic N) is 1. The largest absolute Gasteiger partial charge is 0.347 e. The maximum atomic E-state index is 13.6. The Balaban J connectivity index is 1.72. The lowest BCUT2D eigenvalue weighted by atomic mass is 10.2. The Bertz CT molecular complexity index is 844. The predicted octanol–water partition coefficient (Wildman–Crippen LogP) is 4.39. The van der Waals surface area contributed by atoms with E-state index < -0.39 is 17.5 Å². The molecule has 0 fully saturated rings. The van der Waals surface area contributed by atoms with E-state index >= 15 is 0 Å². The number of nitrogens with one attached hydrogen (secondary N) is 1. The molecule has 3 aromatic rings. The Hall–Kier alpha value is -2.12. The Labute approximate surface area is 139 Å². The number of benzene rings is 1. The molecule has 0 unspecified atom stereocenters. The maximum absolute atomic E-state index is 13.6. The first-order valence-corrected chi connectivity index (χ1v) is 8.47. The molecule has 0 bridgehead atoms. The Morgan fingerprint density at radius 2 is 2.13 bits per heavy atom. The van der Waals surface area contributed by atoms with E-state index in [0.717, 1.165) is 32.6 Å². The minimum Gasteiger partial charge on any atom is -0.347 e. The zero-order chi connectivity index (χ0) is 16.4. The fourth-order valence-corrected chi connectivity index (χ4v) is 3.83. The minimum atomic E-state index is -0.872. The van der Waals surface area contributed by atoms with E-state index in [2.05, 4.69) is 10.3 Å². The van der Waals surface area contributed by atoms with Gasteiger partial charge in [0.1, 0.15) is 16.6 Å². The summed E-state index contributed by atoms with van der Waals surface area (Å²) in [6.07, 6.45) is 0. The Morgan fingerprint density at radius 3 is 2.83 bits per heavy atom. The first kappa shape index (κ1) is 15.8. The highest BCUT2D eigenvalue weighted by molar-refractivity contribution is 7.21. The van der Waals surface area contributed by atoms with E-state index in [4.69, 9.17) is 0 Å². The zero-order valence-corrected chi connectivity index (χ0v) is 13.7. The maximum Gasteiger partial charge on any atom is 0.254 e. The van der Waals surface area contributed by atoms with E-state index in [1.807, 2.05) is 24.4 Å². The normalized spacial score (nSPS) is 10.7. The Morgan fingerprint density at radius 1 is 1.30 bits per heavy atom. The summed E-state index contributed by atoms with van der Waals surface area (Å²) in [4.78, 5) is 18.5. The molecule has 0 atom stereocenters. The molecule has 2 heterocycles. The Kier molecular flexibility index (Phi) is 4.49. The van der Waals surface area contributed by atoms with Crippen LogP contribution in [0, 0.1) is 18.6 Å². The third kappa shape index (κ3) is 3.46. The quantitative estimate of drug-likeness (QED) is 0.758. The molecule has 3 nitrogen and oxygen atoms in total. The lowest BCUT2D eigenvalue weighted by Crippen LogP contribution is -2.23. The number of thiophene rings is 1. The predicted molar refractivity (Wildman–Crippen MR) is 87.7 cm³/mol. The van der Waals surface area contributed by atoms with E-state index in [-0.39, 0.29) is 12.1 Å². The molecule has 0 radical (unpaired) electrons. The van der Waals surface area contributed by atoms with Crippen molar-refractivity contribution < 1.29 is 13.6 Å². The summed E-state index contributed by atoms with van der Waals surface area (Å²) in [7, 11) is 0. The number of aryl methyl sites for hydroxylation is 1. The lowest BCUT2D eigenvalue weighted by Gasteiger charge is -2.05. The van der Waals surface area contributed by atoms with Gasteiger partial charge in [0.15, 0.2) is 0 Å². The highest BCUT2D eigenvalue weighted by Gasteiger charge is 2.15. The molecular formula is C16H12F2N2OS2. The number of carbonyl (C=O) groups is 1. The van der Waals surface area contributed by atoms with Crippen LogP contribution in [0.1, 0.15) is 20.9 Å². The number of halogens is 2. The lowest BCUT2D eigenvalue weighted by molar-refractivity contribution is 0.0947. The minimum absolute atomic E-state index is 0.174. The van der Waals surface area contributed by atoms with Crippen LogP contribution in [0.4, 0.5) is 8.78 Å². The number of carbonyl (C=O) groups excluding carboxylic acids is 1. The molecule has 0 spiro atoms. The van der Waals surface area contributed by atoms with Crippen molar-refractivity contribution >= 4 is 28.6 Å². The fraction of sp³-hybridized carbons (Fsp3) is 0.125. The van der Waals surface area contributed by atoms with Crippen molar-refractivity contribution in [1.82, 2.24) is 10.3 Å². The van der Waals surface area contributed by atoms with Crippen molar-refractivity contribution in [3.63, 3.8) is 0 Å². The molecule has 0 saturated heterocycles. The standard InChI is InChI=1S/C16H12F2N2OS2/c1-9-14(23-16(20-9)13-3-2-6-22-13)8-19-15(21)11-5-4-10(17)7-12(11)18/h2-7H,8H2,1H3,(H,19,21). The number of thiazole rings is 1. The van der Waals surface area contributed by atoms with Crippen LogP contribution in [-0.4, -0.2) is 10.9 Å². The summed E-state index contributed by atoms with van der Waals surface area (Å²) in [6, 6.07) is 6.83. The summed E-state index contributed by atoms with van der Waals surface area (Å²) < 4.78 is 26.5. The van der Waals surface area contributed by atoms with Gasteiger partial charge in [0.2, 0.25) is 0 Å². The zero-order valence-electron chi connectivity index (χ0n) is 12.1. The van der Waals surface area contributed by atoms with Crippen LogP contribution in [0.5, 0.6) is 0 Å². The van der Waals surface area contributed by atoms with E-state index in [1.165, 1.54) is 11.3 Å². The van der Waals surface area contributed by atoms with Crippen LogP contribution in [0.25, 0.3) is 9.88 Å². The van der Waals surface area contributed by atoms with Gasteiger partial charge in [-0.2, -0.15) is 0 Å². The SMILES string of the molecule is Cc1nc(-c2cccs2)sc1CNC(=O)c1ccc(F)cc1F. The van der Waals surface area contributed by atoms with Crippen molar-refractivity contribution in [3.8, 4) is 9.88 Å². The molecule has 0 aliphatic heterocycles. The van der Waals surface area contributed by atoms with Crippen LogP contribution in [0.15, 0.2) is 35.7 Å². The molecule has 0 aliphatic rings. The van der Waals surface area contributed by atoms with Gasteiger partial charge < -0.3 is 5.32 Å². The van der Waals surface area contributed by atoms with Crippen LogP contribution in [0.2, 0.25) is 0 Å². The van der Waals surface area contributed by atoms with Gasteiger partial charge in [0.05, 0.1) is 22.7 Å². The molecule has 118 valence electrons. The van der Waals surface area contributed by atoms with E-state index in [9.17, 15) is 13.6 Å². The second kappa shape index (κ2) is 6.55. The van der Waals surface area contributed by atoms with Gasteiger partial charge >= 0.3 is 0 Å². The van der Waals surface area contributed by atoms with Crippen molar-refractivity contribution in [3.05, 3.63) is 63.5 Å². The van der Waals surface area contributed by atoms with Crippen molar-refractivity contribution in [1.29, 1.82) is 0 Å². The summed E-state index contributed by atoms with van der Waals surface area (Å²) in [6.45, 7) is 2.12. The van der Waals surface area contributed by atoms with Crippen molar-refractivity contribution in [2.75, 3.05) is 0 Å². The smallest absolute Gasteiger partial charge is 0.254 e. The van der Waals surface area contributed by atoms with Gasteiger partial charge in [-0.15, -0.1) is 22.7 Å². The van der Waals surface area contributed by atoms with E-state index in [1.54, 1.807) is 11.3 Å². The molecule has 0 saturated carbocycles. The van der Waals surface area contributed by atoms with Gasteiger partial charge in [-0.3, -0.25) is 4.79 Å². The number of amides is 1. The van der Waals surface area contributed by atoms with Crippen molar-refractivity contribution in [2.45, 2.75) is 13.5 Å². The molecule has 3 rings (SSSR count). The molecule has 23 heavy (non-hydrogen) atoms. The summed E-state index contributed by atoms with van der Waals surface area (Å²) in [5, 5.41) is 5.52. The first-order valence-electron chi connectivity index (χ1n) is 6.78. The number of hydrogen-bond donors (Lipinski definition) is 1. The molecular weight excluding hydrogens is 338 g/mol. The average molecular weight is 350 g/mol. The van der Waals surface area contributed by atoms with Gasteiger partial charge in [0, 0.05) is 10.9 Å². The number of rotatable bonds is 4. The first-order chi connectivity index (χ1) is 11.0. The highest BCUT2D eigenvalue weighted by Crippen LogP contribution is 2.31. The molecule has 1 amide bonds. The monoisotopic (exact) mass is 350 g/mol. The number of aromatic nitrogens is 1. The average Bonchev–Trinajstić information content (AvgIpc) is 3.14. The van der Waals surface area contributed by atoms with Crippen LogP contribution in [-0.2, 0) is 6.54 Å². The summed E-state index contributed by atoms with van der Waals surface area (Å²) >= 11 is 3.09. The van der Waals surface area contributed by atoms with Gasteiger partial charge in [-0.05, 0) is 30.5 Å². The van der Waals surface area contributed by atoms with Gasteiger partial charge in [0.25, 0.3) is 5.91 Å². The second-order valence-electron chi connectivity index (χ2n) is 4.81. The third-order valence-electron chi connectivity index (χ3n) is 3.21. The van der Waals surface area contributed by atoms with Gasteiger partial charge in [-0.1, -0.05) is 6.07 Å². The topological polar surface area (TPSA) is 42.0 Å². The summed E-state index contributed by atoms with van der Waals surface area (Å²) in [5.74, 6) is -2.16.